The lowest BCUT2D eigenvalue weighted by atomic mass is 9.93. The van der Waals surface area contributed by atoms with E-state index in [-0.39, 0.29) is 17.9 Å². The lowest BCUT2D eigenvalue weighted by Crippen LogP contribution is -2.35. The van der Waals surface area contributed by atoms with Gasteiger partial charge in [0, 0.05) is 22.8 Å². The van der Waals surface area contributed by atoms with Crippen molar-refractivity contribution in [2.24, 2.45) is 0 Å². The summed E-state index contributed by atoms with van der Waals surface area (Å²) in [6, 6.07) is 5.75. The Morgan fingerprint density at radius 2 is 2.00 bits per heavy atom. The monoisotopic (exact) mass is 372 g/mol. The third-order valence-electron chi connectivity index (χ3n) is 5.22. The van der Waals surface area contributed by atoms with E-state index in [2.05, 4.69) is 5.32 Å². The van der Waals surface area contributed by atoms with Gasteiger partial charge in [-0.15, -0.1) is 0 Å². The number of benzene rings is 1. The number of carboxylic acid groups (broad SMARTS) is 1. The van der Waals surface area contributed by atoms with Crippen molar-refractivity contribution >= 4 is 23.5 Å². The zero-order chi connectivity index (χ0) is 18.6. The number of rotatable bonds is 3. The van der Waals surface area contributed by atoms with Gasteiger partial charge in [0.2, 0.25) is 0 Å². The molecular weight excluding hydrogens is 356 g/mol. The highest BCUT2D eigenvalue weighted by Gasteiger charge is 2.49. The van der Waals surface area contributed by atoms with E-state index in [0.29, 0.717) is 10.6 Å². The Hall–Kier alpha value is -2.60. The molecule has 26 heavy (non-hydrogen) atoms. The van der Waals surface area contributed by atoms with Crippen LogP contribution in [0, 0.1) is 0 Å². The number of carbonyl (C=O) groups is 2. The minimum Gasteiger partial charge on any atom is -0.480 e. The predicted octanol–water partition coefficient (Wildman–Crippen LogP) is 2.94. The predicted molar refractivity (Wildman–Crippen MR) is 96.5 cm³/mol. The van der Waals surface area contributed by atoms with E-state index in [1.807, 2.05) is 6.07 Å². The summed E-state index contributed by atoms with van der Waals surface area (Å²) in [5, 5.41) is 13.0. The fourth-order valence-electron chi connectivity index (χ4n) is 3.71. The SMILES string of the molecule is CCC(C(=O)O)n1cc2c(cc1=O)-c1cc(Cl)ccc1C1(CC1)NC2=O. The van der Waals surface area contributed by atoms with Crippen LogP contribution in [0.15, 0.2) is 35.3 Å². The van der Waals surface area contributed by atoms with Crippen LogP contribution in [-0.2, 0) is 10.3 Å². The van der Waals surface area contributed by atoms with Crippen molar-refractivity contribution in [1.82, 2.24) is 9.88 Å². The summed E-state index contributed by atoms with van der Waals surface area (Å²) >= 11 is 6.17. The van der Waals surface area contributed by atoms with Gasteiger partial charge in [-0.3, -0.25) is 9.59 Å². The summed E-state index contributed by atoms with van der Waals surface area (Å²) in [4.78, 5) is 37.0. The average Bonchev–Trinajstić information content (AvgIpc) is 3.36. The van der Waals surface area contributed by atoms with Gasteiger partial charge < -0.3 is 15.0 Å². The summed E-state index contributed by atoms with van der Waals surface area (Å²) in [7, 11) is 0. The second-order valence-electron chi connectivity index (χ2n) is 6.83. The van der Waals surface area contributed by atoms with Crippen LogP contribution in [0.1, 0.15) is 48.1 Å². The van der Waals surface area contributed by atoms with Crippen molar-refractivity contribution in [1.29, 1.82) is 0 Å². The van der Waals surface area contributed by atoms with Gasteiger partial charge in [0.25, 0.3) is 11.5 Å². The van der Waals surface area contributed by atoms with Crippen molar-refractivity contribution in [3.05, 3.63) is 57.0 Å². The summed E-state index contributed by atoms with van der Waals surface area (Å²) in [5.74, 6) is -1.41. The third-order valence-corrected chi connectivity index (χ3v) is 5.46. The van der Waals surface area contributed by atoms with Crippen LogP contribution in [-0.4, -0.2) is 21.6 Å². The molecule has 1 amide bonds. The molecule has 0 bridgehead atoms. The second-order valence-corrected chi connectivity index (χ2v) is 7.27. The van der Waals surface area contributed by atoms with Gasteiger partial charge >= 0.3 is 5.97 Å². The van der Waals surface area contributed by atoms with E-state index in [4.69, 9.17) is 11.6 Å². The number of pyridine rings is 1. The number of amides is 1. The second kappa shape index (κ2) is 5.71. The van der Waals surface area contributed by atoms with Gasteiger partial charge in [0.15, 0.2) is 0 Å². The Morgan fingerprint density at radius 1 is 1.27 bits per heavy atom. The Bertz CT molecular complexity index is 1010. The van der Waals surface area contributed by atoms with Crippen molar-refractivity contribution in [2.75, 3.05) is 0 Å². The minimum absolute atomic E-state index is 0.238. The molecule has 1 fully saturated rings. The molecule has 1 saturated carbocycles. The van der Waals surface area contributed by atoms with Crippen molar-refractivity contribution in [2.45, 2.75) is 37.8 Å². The molecule has 2 heterocycles. The number of nitrogens with zero attached hydrogens (tertiary/aromatic N) is 1. The number of carbonyl (C=O) groups excluding carboxylic acids is 1. The molecule has 1 unspecified atom stereocenters. The van der Waals surface area contributed by atoms with E-state index < -0.39 is 23.1 Å². The highest BCUT2D eigenvalue weighted by molar-refractivity contribution is 6.31. The van der Waals surface area contributed by atoms with Gasteiger partial charge in [-0.25, -0.2) is 4.79 Å². The third kappa shape index (κ3) is 2.44. The number of fused-ring (bicyclic) bond motifs is 4. The van der Waals surface area contributed by atoms with Gasteiger partial charge in [-0.05, 0) is 42.5 Å². The van der Waals surface area contributed by atoms with Crippen LogP contribution >= 0.6 is 11.6 Å². The topological polar surface area (TPSA) is 88.4 Å². The summed E-state index contributed by atoms with van der Waals surface area (Å²) in [5.41, 5.74) is 1.58. The molecule has 0 saturated heterocycles. The van der Waals surface area contributed by atoms with Crippen LogP contribution in [0.3, 0.4) is 0 Å². The first-order valence-corrected chi connectivity index (χ1v) is 8.86. The zero-order valence-corrected chi connectivity index (χ0v) is 14.8. The maximum Gasteiger partial charge on any atom is 0.326 e. The molecule has 1 aromatic carbocycles. The molecule has 134 valence electrons. The molecule has 1 aliphatic heterocycles. The molecule has 4 rings (SSSR count). The first kappa shape index (κ1) is 16.8. The van der Waals surface area contributed by atoms with E-state index in [9.17, 15) is 19.5 Å². The highest BCUT2D eigenvalue weighted by atomic mass is 35.5. The number of aliphatic carboxylic acids is 1. The molecule has 0 radical (unpaired) electrons. The first-order chi connectivity index (χ1) is 12.4. The Balaban J connectivity index is 1.99. The standard InChI is InChI=1S/C19H17ClN2O4/c1-2-15(18(25)26)22-9-13-11(8-16(22)23)12-7-10(20)3-4-14(12)19(5-6-19)21-17(13)24/h3-4,7-9,15H,2,5-6H2,1H3,(H,21,24)(H,25,26). The molecule has 2 aromatic rings. The van der Waals surface area contributed by atoms with E-state index in [0.717, 1.165) is 28.5 Å². The fourth-order valence-corrected chi connectivity index (χ4v) is 3.89. The van der Waals surface area contributed by atoms with Crippen LogP contribution in [0.2, 0.25) is 5.02 Å². The first-order valence-electron chi connectivity index (χ1n) is 8.48. The highest BCUT2D eigenvalue weighted by Crippen LogP contribution is 2.51. The number of aromatic nitrogens is 1. The van der Waals surface area contributed by atoms with Gasteiger partial charge in [0.05, 0.1) is 11.1 Å². The smallest absolute Gasteiger partial charge is 0.326 e. The Labute approximate surface area is 154 Å². The van der Waals surface area contributed by atoms with Gasteiger partial charge in [0.1, 0.15) is 6.04 Å². The lowest BCUT2D eigenvalue weighted by Gasteiger charge is -2.17. The fraction of sp³-hybridized carbons (Fsp3) is 0.316. The van der Waals surface area contributed by atoms with Crippen LogP contribution in [0.4, 0.5) is 0 Å². The quantitative estimate of drug-likeness (QED) is 0.867. The van der Waals surface area contributed by atoms with Crippen molar-refractivity contribution in [3.8, 4) is 11.1 Å². The number of halogens is 1. The minimum atomic E-state index is -1.11. The molecule has 1 aliphatic carbocycles. The lowest BCUT2D eigenvalue weighted by molar-refractivity contribution is -0.141. The van der Waals surface area contributed by atoms with Gasteiger partial charge in [-0.2, -0.15) is 0 Å². The molecular formula is C19H17ClN2O4. The maximum atomic E-state index is 12.9. The number of hydrogen-bond acceptors (Lipinski definition) is 3. The number of carboxylic acids is 1. The van der Waals surface area contributed by atoms with Crippen molar-refractivity contribution < 1.29 is 14.7 Å². The number of hydrogen-bond donors (Lipinski definition) is 2. The number of nitrogens with one attached hydrogen (secondary N) is 1. The molecule has 1 atom stereocenters. The van der Waals surface area contributed by atoms with E-state index >= 15 is 0 Å². The Morgan fingerprint density at radius 3 is 2.62 bits per heavy atom. The van der Waals surface area contributed by atoms with E-state index in [1.165, 1.54) is 12.3 Å². The molecule has 2 N–H and O–H groups in total. The van der Waals surface area contributed by atoms with Crippen molar-refractivity contribution in [3.63, 3.8) is 0 Å². The maximum absolute atomic E-state index is 12.9. The Kier molecular flexibility index (Phi) is 3.70. The van der Waals surface area contributed by atoms with Crippen LogP contribution < -0.4 is 10.9 Å². The van der Waals surface area contributed by atoms with E-state index in [1.54, 1.807) is 19.1 Å². The van der Waals surface area contributed by atoms with Crippen LogP contribution in [0.25, 0.3) is 11.1 Å². The van der Waals surface area contributed by atoms with Crippen LogP contribution in [0.5, 0.6) is 0 Å². The summed E-state index contributed by atoms with van der Waals surface area (Å²) < 4.78 is 1.12. The molecule has 1 aromatic heterocycles. The molecule has 1 spiro atoms. The summed E-state index contributed by atoms with van der Waals surface area (Å²) in [6.07, 6.45) is 3.24. The average molecular weight is 373 g/mol. The molecule has 7 heteroatoms. The largest absolute Gasteiger partial charge is 0.480 e. The molecule has 6 nitrogen and oxygen atoms in total. The normalized spacial score (nSPS) is 17.7. The van der Waals surface area contributed by atoms with Gasteiger partial charge in [-0.1, -0.05) is 24.6 Å². The zero-order valence-electron chi connectivity index (χ0n) is 14.1. The molecule has 2 aliphatic rings. The summed E-state index contributed by atoms with van der Waals surface area (Å²) in [6.45, 7) is 1.69.